The molecule has 0 radical (unpaired) electrons. The van der Waals surface area contributed by atoms with Crippen molar-refractivity contribution >= 4 is 0 Å². The minimum Gasteiger partial charge on any atom is -0.370 e. The van der Waals surface area contributed by atoms with Crippen molar-refractivity contribution < 1.29 is 13.7 Å². The van der Waals surface area contributed by atoms with Gasteiger partial charge in [0.15, 0.2) is 0 Å². The predicted octanol–water partition coefficient (Wildman–Crippen LogP) is 0.560. The largest absolute Gasteiger partial charge is 0.370 e. The van der Waals surface area contributed by atoms with Gasteiger partial charge in [-0.3, -0.25) is 0 Å². The summed E-state index contributed by atoms with van der Waals surface area (Å²) in [6.07, 6.45) is 1.32. The van der Waals surface area contributed by atoms with E-state index in [0.717, 1.165) is 17.7 Å². The Balaban J connectivity index is 2.22. The summed E-state index contributed by atoms with van der Waals surface area (Å²) in [5, 5.41) is 0. The number of hydrogen-bond donors (Lipinski definition) is 0. The molecule has 14 heavy (non-hydrogen) atoms. The van der Waals surface area contributed by atoms with E-state index in [1.165, 1.54) is 37.1 Å². The van der Waals surface area contributed by atoms with Gasteiger partial charge >= 0.3 is 0 Å². The summed E-state index contributed by atoms with van der Waals surface area (Å²) in [6.45, 7) is 6.85. The second-order valence-electron chi connectivity index (χ2n) is 5.77. The standard InChI is InChI=1S/C11H26N2O/c1-12(2,3)6-5-7-13(4)8-10-14-11-9-13/h5-11H2,1-4H3/q+2. The first-order valence-corrected chi connectivity index (χ1v) is 5.63. The highest BCUT2D eigenvalue weighted by Crippen LogP contribution is 2.09. The van der Waals surface area contributed by atoms with Crippen molar-refractivity contribution in [2.24, 2.45) is 0 Å². The highest BCUT2D eigenvalue weighted by atomic mass is 16.5. The topological polar surface area (TPSA) is 9.23 Å². The summed E-state index contributed by atoms with van der Waals surface area (Å²) >= 11 is 0. The van der Waals surface area contributed by atoms with Crippen molar-refractivity contribution in [3.8, 4) is 0 Å². The van der Waals surface area contributed by atoms with Crippen molar-refractivity contribution in [1.82, 2.24) is 0 Å². The van der Waals surface area contributed by atoms with E-state index in [-0.39, 0.29) is 0 Å². The third-order valence-electron chi connectivity index (χ3n) is 3.08. The smallest absolute Gasteiger partial charge is 0.102 e. The molecular weight excluding hydrogens is 176 g/mol. The summed E-state index contributed by atoms with van der Waals surface area (Å²) in [6, 6.07) is 0. The van der Waals surface area contributed by atoms with E-state index < -0.39 is 0 Å². The van der Waals surface area contributed by atoms with E-state index in [9.17, 15) is 0 Å². The minimum atomic E-state index is 0.945. The van der Waals surface area contributed by atoms with Crippen LogP contribution in [0, 0.1) is 0 Å². The Morgan fingerprint density at radius 1 is 1.14 bits per heavy atom. The molecule has 0 aromatic rings. The molecule has 1 fully saturated rings. The number of hydrogen-bond acceptors (Lipinski definition) is 1. The molecule has 0 spiro atoms. The maximum absolute atomic E-state index is 5.39. The molecule has 1 rings (SSSR count). The molecule has 0 atom stereocenters. The number of morpholine rings is 1. The van der Waals surface area contributed by atoms with Gasteiger partial charge in [-0.2, -0.15) is 0 Å². The Bertz CT molecular complexity index is 169. The lowest BCUT2D eigenvalue weighted by atomic mass is 10.2. The van der Waals surface area contributed by atoms with E-state index in [2.05, 4.69) is 28.2 Å². The van der Waals surface area contributed by atoms with E-state index in [0.29, 0.717) is 0 Å². The molecule has 0 saturated carbocycles. The molecule has 1 aliphatic heterocycles. The van der Waals surface area contributed by atoms with Gasteiger partial charge in [0.25, 0.3) is 0 Å². The number of nitrogens with zero attached hydrogens (tertiary/aromatic N) is 2. The molecule has 84 valence electrons. The molecule has 0 N–H and O–H groups in total. The monoisotopic (exact) mass is 202 g/mol. The Labute approximate surface area is 88.4 Å². The van der Waals surface area contributed by atoms with Gasteiger partial charge in [-0.25, -0.2) is 0 Å². The van der Waals surface area contributed by atoms with E-state index in [4.69, 9.17) is 4.74 Å². The van der Waals surface area contributed by atoms with Crippen LogP contribution < -0.4 is 0 Å². The average Bonchev–Trinajstić information content (AvgIpc) is 2.02. The van der Waals surface area contributed by atoms with Gasteiger partial charge in [-0.15, -0.1) is 0 Å². The van der Waals surface area contributed by atoms with Crippen molar-refractivity contribution in [3.63, 3.8) is 0 Å². The summed E-state index contributed by atoms with van der Waals surface area (Å²) in [7, 11) is 9.15. The van der Waals surface area contributed by atoms with Crippen molar-refractivity contribution in [3.05, 3.63) is 0 Å². The SMILES string of the molecule is C[N+](C)(C)CCC[N+]1(C)CCOCC1. The molecule has 0 bridgehead atoms. The van der Waals surface area contributed by atoms with Crippen LogP contribution in [-0.2, 0) is 4.74 Å². The number of ether oxygens (including phenoxy) is 1. The molecule has 1 saturated heterocycles. The van der Waals surface area contributed by atoms with Crippen LogP contribution in [0.4, 0.5) is 0 Å². The van der Waals surface area contributed by atoms with Gasteiger partial charge in [0.05, 0.1) is 54.5 Å². The van der Waals surface area contributed by atoms with Crippen LogP contribution in [0.1, 0.15) is 6.42 Å². The van der Waals surface area contributed by atoms with Gasteiger partial charge in [0.1, 0.15) is 13.1 Å². The van der Waals surface area contributed by atoms with Crippen LogP contribution in [0.2, 0.25) is 0 Å². The summed E-state index contributed by atoms with van der Waals surface area (Å²) in [5.41, 5.74) is 0. The van der Waals surface area contributed by atoms with Gasteiger partial charge in [0.2, 0.25) is 0 Å². The first-order chi connectivity index (χ1) is 6.41. The third-order valence-corrected chi connectivity index (χ3v) is 3.08. The predicted molar refractivity (Wildman–Crippen MR) is 59.1 cm³/mol. The highest BCUT2D eigenvalue weighted by molar-refractivity contribution is 4.47. The Kier molecular flexibility index (Phi) is 3.93. The van der Waals surface area contributed by atoms with Gasteiger partial charge in [-0.1, -0.05) is 0 Å². The molecule has 0 unspecified atom stereocenters. The Hall–Kier alpha value is -0.120. The van der Waals surface area contributed by atoms with Crippen LogP contribution >= 0.6 is 0 Å². The normalized spacial score (nSPS) is 22.3. The lowest BCUT2D eigenvalue weighted by molar-refractivity contribution is -0.923. The van der Waals surface area contributed by atoms with Crippen molar-refractivity contribution in [2.45, 2.75) is 6.42 Å². The van der Waals surface area contributed by atoms with Gasteiger partial charge in [0, 0.05) is 6.42 Å². The third kappa shape index (κ3) is 4.40. The average molecular weight is 202 g/mol. The van der Waals surface area contributed by atoms with Crippen LogP contribution in [0.3, 0.4) is 0 Å². The van der Waals surface area contributed by atoms with E-state index >= 15 is 0 Å². The van der Waals surface area contributed by atoms with Crippen LogP contribution in [0.25, 0.3) is 0 Å². The molecular formula is C11H26N2O+2. The second-order valence-corrected chi connectivity index (χ2v) is 5.77. The van der Waals surface area contributed by atoms with Crippen molar-refractivity contribution in [2.75, 3.05) is 67.6 Å². The maximum Gasteiger partial charge on any atom is 0.102 e. The number of quaternary nitrogens is 2. The fraction of sp³-hybridized carbons (Fsp3) is 1.00. The zero-order valence-electron chi connectivity index (χ0n) is 10.3. The van der Waals surface area contributed by atoms with Crippen LogP contribution in [0.15, 0.2) is 0 Å². The zero-order chi connectivity index (χ0) is 10.7. The van der Waals surface area contributed by atoms with E-state index in [1.807, 2.05) is 0 Å². The lowest BCUT2D eigenvalue weighted by Crippen LogP contribution is -2.53. The first kappa shape index (κ1) is 12.0. The zero-order valence-corrected chi connectivity index (χ0v) is 10.3. The van der Waals surface area contributed by atoms with Gasteiger partial charge < -0.3 is 13.7 Å². The quantitative estimate of drug-likeness (QED) is 0.605. The molecule has 3 nitrogen and oxygen atoms in total. The molecule has 0 amide bonds. The lowest BCUT2D eigenvalue weighted by Gasteiger charge is -2.38. The molecule has 1 heterocycles. The summed E-state index contributed by atoms with van der Waals surface area (Å²) < 4.78 is 7.68. The fourth-order valence-electron chi connectivity index (χ4n) is 1.93. The molecule has 0 aliphatic carbocycles. The molecule has 0 aromatic heterocycles. The number of rotatable bonds is 4. The van der Waals surface area contributed by atoms with Gasteiger partial charge in [-0.05, 0) is 0 Å². The van der Waals surface area contributed by atoms with Crippen LogP contribution in [0.5, 0.6) is 0 Å². The highest BCUT2D eigenvalue weighted by Gasteiger charge is 2.25. The summed E-state index contributed by atoms with van der Waals surface area (Å²) in [5.74, 6) is 0. The molecule has 3 heteroatoms. The maximum atomic E-state index is 5.39. The Morgan fingerprint density at radius 2 is 1.71 bits per heavy atom. The summed E-state index contributed by atoms with van der Waals surface area (Å²) in [4.78, 5) is 0. The first-order valence-electron chi connectivity index (χ1n) is 5.63. The minimum absolute atomic E-state index is 0.945. The van der Waals surface area contributed by atoms with Crippen LogP contribution in [-0.4, -0.2) is 76.5 Å². The molecule has 1 aliphatic rings. The van der Waals surface area contributed by atoms with E-state index in [1.54, 1.807) is 0 Å². The fourth-order valence-corrected chi connectivity index (χ4v) is 1.93. The Morgan fingerprint density at radius 3 is 2.21 bits per heavy atom. The number of likely N-dealkylation sites (N-methyl/N-ethyl adjacent to an activating group) is 1. The second kappa shape index (κ2) is 4.60. The van der Waals surface area contributed by atoms with Crippen molar-refractivity contribution in [1.29, 1.82) is 0 Å². The molecule has 0 aromatic carbocycles.